The van der Waals surface area contributed by atoms with Gasteiger partial charge in [0.2, 0.25) is 11.8 Å². The van der Waals surface area contributed by atoms with Crippen molar-refractivity contribution in [2.24, 2.45) is 5.92 Å². The highest BCUT2D eigenvalue weighted by molar-refractivity contribution is 8.06. The Hall–Kier alpha value is -0.360. The minimum absolute atomic E-state index is 0.00179. The first-order chi connectivity index (χ1) is 8.59. The van der Waals surface area contributed by atoms with Gasteiger partial charge in [-0.3, -0.25) is 9.59 Å². The van der Waals surface area contributed by atoms with Gasteiger partial charge in [-0.05, 0) is 5.92 Å². The van der Waals surface area contributed by atoms with Gasteiger partial charge in [-0.15, -0.1) is 0 Å². The average Bonchev–Trinajstić information content (AvgIpc) is 2.35. The molecular weight excluding hydrogens is 268 g/mol. The lowest BCUT2D eigenvalue weighted by Crippen LogP contribution is -2.61. The maximum Gasteiger partial charge on any atom is 0.243 e. The van der Waals surface area contributed by atoms with Crippen molar-refractivity contribution in [1.82, 2.24) is 10.2 Å². The Morgan fingerprint density at radius 2 is 2.17 bits per heavy atom. The zero-order chi connectivity index (χ0) is 13.1. The lowest BCUT2D eigenvalue weighted by molar-refractivity contribution is -0.147. The van der Waals surface area contributed by atoms with Crippen LogP contribution in [0.5, 0.6) is 0 Å². The predicted octanol–water partition coefficient (Wildman–Crippen LogP) is 0.818. The zero-order valence-corrected chi connectivity index (χ0v) is 12.5. The summed E-state index contributed by atoms with van der Waals surface area (Å²) in [4.78, 5) is 25.7. The van der Waals surface area contributed by atoms with Crippen LogP contribution < -0.4 is 5.32 Å². The van der Waals surface area contributed by atoms with Gasteiger partial charge in [0.1, 0.15) is 6.04 Å². The van der Waals surface area contributed by atoms with Crippen LogP contribution in [0.25, 0.3) is 0 Å². The van der Waals surface area contributed by atoms with E-state index < -0.39 is 0 Å². The Morgan fingerprint density at radius 3 is 2.78 bits per heavy atom. The number of rotatable bonds is 3. The Bertz CT molecular complexity index is 330. The van der Waals surface area contributed by atoms with Crippen LogP contribution in [0.2, 0.25) is 0 Å². The summed E-state index contributed by atoms with van der Waals surface area (Å²) < 4.78 is 0. The van der Waals surface area contributed by atoms with Crippen LogP contribution in [0.3, 0.4) is 0 Å². The highest BCUT2D eigenvalue weighted by atomic mass is 32.2. The molecule has 0 saturated carbocycles. The van der Waals surface area contributed by atoms with Crippen molar-refractivity contribution in [2.45, 2.75) is 25.1 Å². The van der Waals surface area contributed by atoms with Crippen molar-refractivity contribution in [2.75, 3.05) is 30.3 Å². The van der Waals surface area contributed by atoms with Gasteiger partial charge in [0.05, 0.1) is 6.54 Å². The number of nitrogens with zero attached hydrogens (tertiary/aromatic N) is 1. The lowest BCUT2D eigenvalue weighted by atomic mass is 9.99. The van der Waals surface area contributed by atoms with Crippen molar-refractivity contribution >= 4 is 35.3 Å². The van der Waals surface area contributed by atoms with E-state index in [-0.39, 0.29) is 30.3 Å². The normalized spacial score (nSPS) is 29.6. The summed E-state index contributed by atoms with van der Waals surface area (Å²) >= 11 is 3.87. The van der Waals surface area contributed by atoms with Crippen LogP contribution in [0.4, 0.5) is 0 Å². The zero-order valence-electron chi connectivity index (χ0n) is 10.8. The van der Waals surface area contributed by atoms with E-state index in [1.54, 1.807) is 4.90 Å². The van der Waals surface area contributed by atoms with E-state index in [1.165, 1.54) is 5.75 Å². The largest absolute Gasteiger partial charge is 0.345 e. The Kier molecular flexibility index (Phi) is 4.84. The van der Waals surface area contributed by atoms with E-state index in [0.717, 1.165) is 11.5 Å². The molecule has 2 atom stereocenters. The van der Waals surface area contributed by atoms with Crippen molar-refractivity contribution in [1.29, 1.82) is 0 Å². The fraction of sp³-hybridized carbons (Fsp3) is 0.833. The van der Waals surface area contributed by atoms with Crippen LogP contribution >= 0.6 is 23.5 Å². The van der Waals surface area contributed by atoms with Gasteiger partial charge >= 0.3 is 0 Å². The van der Waals surface area contributed by atoms with Gasteiger partial charge in [-0.1, -0.05) is 13.8 Å². The molecule has 0 radical (unpaired) electrons. The van der Waals surface area contributed by atoms with Crippen molar-refractivity contribution < 1.29 is 9.59 Å². The second kappa shape index (κ2) is 6.19. The standard InChI is InChI=1S/C12H20N2O2S2/c1-8(2)11-12(16)13-5-10(15)14(11)6-9-7-17-3-4-18-9/h8-9,11H,3-7H2,1-2H3,(H,13,16). The van der Waals surface area contributed by atoms with Crippen LogP contribution in [-0.4, -0.2) is 58.4 Å². The molecule has 1 N–H and O–H groups in total. The summed E-state index contributed by atoms with van der Waals surface area (Å²) in [6.45, 7) is 4.87. The van der Waals surface area contributed by atoms with Crippen LogP contribution in [0.1, 0.15) is 13.8 Å². The second-order valence-electron chi connectivity index (χ2n) is 5.02. The fourth-order valence-electron chi connectivity index (χ4n) is 2.40. The van der Waals surface area contributed by atoms with Gasteiger partial charge in [0, 0.05) is 29.1 Å². The van der Waals surface area contributed by atoms with E-state index in [0.29, 0.717) is 11.8 Å². The third-order valence-corrected chi connectivity index (χ3v) is 6.08. The highest BCUT2D eigenvalue weighted by Crippen LogP contribution is 2.26. The van der Waals surface area contributed by atoms with Crippen LogP contribution in [0.15, 0.2) is 0 Å². The molecule has 0 aromatic heterocycles. The second-order valence-corrected chi connectivity index (χ2v) is 7.58. The highest BCUT2D eigenvalue weighted by Gasteiger charge is 2.37. The maximum absolute atomic E-state index is 12.0. The summed E-state index contributed by atoms with van der Waals surface area (Å²) in [7, 11) is 0. The quantitative estimate of drug-likeness (QED) is 0.835. The molecule has 2 fully saturated rings. The minimum atomic E-state index is -0.293. The first-order valence-electron chi connectivity index (χ1n) is 6.36. The molecule has 18 heavy (non-hydrogen) atoms. The summed E-state index contributed by atoms with van der Waals surface area (Å²) in [5.74, 6) is 3.65. The average molecular weight is 288 g/mol. The monoisotopic (exact) mass is 288 g/mol. The number of thioether (sulfide) groups is 2. The number of amides is 2. The number of piperazine rings is 1. The summed E-state index contributed by atoms with van der Waals surface area (Å²) in [6, 6.07) is -0.293. The van der Waals surface area contributed by atoms with E-state index in [9.17, 15) is 9.59 Å². The lowest BCUT2D eigenvalue weighted by Gasteiger charge is -2.39. The summed E-state index contributed by atoms with van der Waals surface area (Å²) in [5.41, 5.74) is 0. The molecule has 2 amide bonds. The molecule has 0 spiro atoms. The molecular formula is C12H20N2O2S2. The number of carbonyl (C=O) groups excluding carboxylic acids is 2. The van der Waals surface area contributed by atoms with Crippen molar-refractivity contribution in [3.05, 3.63) is 0 Å². The molecule has 2 rings (SSSR count). The molecule has 2 aliphatic heterocycles. The fourth-order valence-corrected chi connectivity index (χ4v) is 5.07. The van der Waals surface area contributed by atoms with Gasteiger partial charge in [-0.2, -0.15) is 23.5 Å². The molecule has 2 saturated heterocycles. The topological polar surface area (TPSA) is 49.4 Å². The van der Waals surface area contributed by atoms with Gasteiger partial charge in [-0.25, -0.2) is 0 Å². The maximum atomic E-state index is 12.0. The number of hydrogen-bond donors (Lipinski definition) is 1. The molecule has 0 aromatic rings. The molecule has 102 valence electrons. The summed E-state index contributed by atoms with van der Waals surface area (Å²) in [5, 5.41) is 3.16. The molecule has 2 heterocycles. The third kappa shape index (κ3) is 3.15. The summed E-state index contributed by atoms with van der Waals surface area (Å²) in [6.07, 6.45) is 0. The van der Waals surface area contributed by atoms with Crippen LogP contribution in [-0.2, 0) is 9.59 Å². The van der Waals surface area contributed by atoms with E-state index in [2.05, 4.69) is 5.32 Å². The number of nitrogens with one attached hydrogen (secondary N) is 1. The first-order valence-corrected chi connectivity index (χ1v) is 8.56. The van der Waals surface area contributed by atoms with E-state index in [1.807, 2.05) is 37.4 Å². The minimum Gasteiger partial charge on any atom is -0.345 e. The molecule has 2 unspecified atom stereocenters. The third-order valence-electron chi connectivity index (χ3n) is 3.26. The number of hydrogen-bond acceptors (Lipinski definition) is 4. The predicted molar refractivity (Wildman–Crippen MR) is 76.9 cm³/mol. The molecule has 0 aliphatic carbocycles. The Balaban J connectivity index is 2.05. The van der Waals surface area contributed by atoms with Gasteiger partial charge in [0.15, 0.2) is 0 Å². The molecule has 4 nitrogen and oxygen atoms in total. The Labute approximate surface area is 117 Å². The molecule has 2 aliphatic rings. The van der Waals surface area contributed by atoms with E-state index in [4.69, 9.17) is 0 Å². The molecule has 6 heteroatoms. The van der Waals surface area contributed by atoms with Gasteiger partial charge in [0.25, 0.3) is 0 Å². The molecule has 0 aromatic carbocycles. The van der Waals surface area contributed by atoms with Gasteiger partial charge < -0.3 is 10.2 Å². The van der Waals surface area contributed by atoms with E-state index >= 15 is 0 Å². The van der Waals surface area contributed by atoms with Crippen molar-refractivity contribution in [3.63, 3.8) is 0 Å². The SMILES string of the molecule is CC(C)C1C(=O)NCC(=O)N1CC1CSCCS1. The number of carbonyl (C=O) groups is 2. The molecule has 0 bridgehead atoms. The van der Waals surface area contributed by atoms with Crippen LogP contribution in [0, 0.1) is 5.92 Å². The first kappa shape index (κ1) is 14.1. The smallest absolute Gasteiger partial charge is 0.243 e. The van der Waals surface area contributed by atoms with Crippen molar-refractivity contribution in [3.8, 4) is 0 Å². The Morgan fingerprint density at radius 1 is 1.39 bits per heavy atom.